The second-order valence-corrected chi connectivity index (χ2v) is 5.15. The molecule has 2 aromatic rings. The molecule has 2 N–H and O–H groups in total. The maximum Gasteiger partial charge on any atom is 0.175 e. The van der Waals surface area contributed by atoms with Crippen LogP contribution in [-0.2, 0) is 0 Å². The van der Waals surface area contributed by atoms with E-state index >= 15 is 0 Å². The number of anilines is 1. The summed E-state index contributed by atoms with van der Waals surface area (Å²) in [4.78, 5) is 0. The lowest BCUT2D eigenvalue weighted by atomic mass is 9.96. The van der Waals surface area contributed by atoms with Gasteiger partial charge in [-0.1, -0.05) is 47.8 Å². The fraction of sp³-hybridized carbons (Fsp3) is 0.400. The molecule has 3 rings (SSSR count). The predicted molar refractivity (Wildman–Crippen MR) is 72.3 cm³/mol. The van der Waals surface area contributed by atoms with E-state index in [-0.39, 0.29) is 0 Å². The molecule has 0 bridgehead atoms. The van der Waals surface area contributed by atoms with Crippen molar-refractivity contribution in [1.29, 1.82) is 0 Å². The highest BCUT2D eigenvalue weighted by atomic mass is 16.5. The molecule has 1 aliphatic carbocycles. The van der Waals surface area contributed by atoms with Gasteiger partial charge in [0.25, 0.3) is 0 Å². The van der Waals surface area contributed by atoms with E-state index in [0.29, 0.717) is 11.7 Å². The summed E-state index contributed by atoms with van der Waals surface area (Å²) in [5.74, 6) is 1.99. The van der Waals surface area contributed by atoms with Crippen molar-refractivity contribution in [3.8, 4) is 11.1 Å². The van der Waals surface area contributed by atoms with Crippen molar-refractivity contribution in [2.45, 2.75) is 38.5 Å². The number of nitrogens with two attached hydrogens (primary N) is 1. The van der Waals surface area contributed by atoms with Gasteiger partial charge in [-0.05, 0) is 25.3 Å². The van der Waals surface area contributed by atoms with Crippen LogP contribution >= 0.6 is 0 Å². The standard InChI is InChI=1S/C15H18N2O/c1-10-6-8-11(9-7-10)13-14(18-17-15(13)16)12-4-2-3-5-12/h6-9,12H,2-5H2,1H3,(H2,16,17). The Kier molecular flexibility index (Phi) is 2.82. The molecule has 1 aromatic carbocycles. The molecule has 0 amide bonds. The molecule has 3 nitrogen and oxygen atoms in total. The summed E-state index contributed by atoms with van der Waals surface area (Å²) in [6, 6.07) is 8.38. The summed E-state index contributed by atoms with van der Waals surface area (Å²) >= 11 is 0. The number of nitrogen functional groups attached to an aromatic ring is 1. The van der Waals surface area contributed by atoms with Gasteiger partial charge in [-0.3, -0.25) is 0 Å². The van der Waals surface area contributed by atoms with Crippen LogP contribution < -0.4 is 5.73 Å². The van der Waals surface area contributed by atoms with Crippen molar-refractivity contribution in [2.24, 2.45) is 0 Å². The topological polar surface area (TPSA) is 52.0 Å². The van der Waals surface area contributed by atoms with Crippen LogP contribution in [0.5, 0.6) is 0 Å². The first-order valence-electron chi connectivity index (χ1n) is 6.58. The van der Waals surface area contributed by atoms with E-state index in [4.69, 9.17) is 10.3 Å². The number of hydrogen-bond acceptors (Lipinski definition) is 3. The smallest absolute Gasteiger partial charge is 0.175 e. The van der Waals surface area contributed by atoms with Gasteiger partial charge < -0.3 is 10.3 Å². The molecule has 1 heterocycles. The van der Waals surface area contributed by atoms with Crippen molar-refractivity contribution >= 4 is 5.82 Å². The second-order valence-electron chi connectivity index (χ2n) is 5.15. The molecular weight excluding hydrogens is 224 g/mol. The zero-order valence-electron chi connectivity index (χ0n) is 10.6. The van der Waals surface area contributed by atoms with Crippen LogP contribution in [0.2, 0.25) is 0 Å². The van der Waals surface area contributed by atoms with Crippen molar-refractivity contribution in [2.75, 3.05) is 5.73 Å². The number of aryl methyl sites for hydroxylation is 1. The van der Waals surface area contributed by atoms with Gasteiger partial charge in [-0.15, -0.1) is 0 Å². The molecule has 18 heavy (non-hydrogen) atoms. The molecule has 1 saturated carbocycles. The molecule has 3 heteroatoms. The van der Waals surface area contributed by atoms with E-state index in [1.54, 1.807) is 0 Å². The molecular formula is C15H18N2O. The number of hydrogen-bond donors (Lipinski definition) is 1. The first kappa shape index (κ1) is 11.3. The fourth-order valence-electron chi connectivity index (χ4n) is 2.79. The van der Waals surface area contributed by atoms with Gasteiger partial charge in [-0.2, -0.15) is 0 Å². The number of benzene rings is 1. The molecule has 0 spiro atoms. The Morgan fingerprint density at radius 2 is 1.83 bits per heavy atom. The third kappa shape index (κ3) is 1.90. The minimum absolute atomic E-state index is 0.492. The summed E-state index contributed by atoms with van der Waals surface area (Å²) < 4.78 is 5.49. The summed E-state index contributed by atoms with van der Waals surface area (Å²) in [6.45, 7) is 2.08. The normalized spacial score (nSPS) is 16.3. The average molecular weight is 242 g/mol. The summed E-state index contributed by atoms with van der Waals surface area (Å²) in [5.41, 5.74) is 9.33. The largest absolute Gasteiger partial charge is 0.380 e. The Balaban J connectivity index is 2.04. The summed E-state index contributed by atoms with van der Waals surface area (Å²) in [6.07, 6.45) is 4.93. The minimum Gasteiger partial charge on any atom is -0.380 e. The second kappa shape index (κ2) is 4.48. The minimum atomic E-state index is 0.492. The quantitative estimate of drug-likeness (QED) is 0.869. The number of aromatic nitrogens is 1. The van der Waals surface area contributed by atoms with Crippen LogP contribution in [0.1, 0.15) is 42.9 Å². The SMILES string of the molecule is Cc1ccc(-c2c(N)noc2C2CCCC2)cc1. The lowest BCUT2D eigenvalue weighted by molar-refractivity contribution is 0.363. The van der Waals surface area contributed by atoms with Crippen molar-refractivity contribution in [3.05, 3.63) is 35.6 Å². The van der Waals surface area contributed by atoms with Gasteiger partial charge in [0, 0.05) is 5.92 Å². The first-order chi connectivity index (χ1) is 8.75. The number of rotatable bonds is 2. The fourth-order valence-corrected chi connectivity index (χ4v) is 2.79. The van der Waals surface area contributed by atoms with E-state index in [1.807, 2.05) is 0 Å². The van der Waals surface area contributed by atoms with Crippen molar-refractivity contribution < 1.29 is 4.52 Å². The lowest BCUT2D eigenvalue weighted by Gasteiger charge is -2.08. The van der Waals surface area contributed by atoms with Gasteiger partial charge in [-0.25, -0.2) is 0 Å². The third-order valence-electron chi connectivity index (χ3n) is 3.81. The van der Waals surface area contributed by atoms with E-state index in [2.05, 4.69) is 36.3 Å². The first-order valence-corrected chi connectivity index (χ1v) is 6.58. The van der Waals surface area contributed by atoms with Crippen LogP contribution in [-0.4, -0.2) is 5.16 Å². The van der Waals surface area contributed by atoms with Gasteiger partial charge in [0.1, 0.15) is 5.76 Å². The maximum absolute atomic E-state index is 5.97. The lowest BCUT2D eigenvalue weighted by Crippen LogP contribution is -1.95. The van der Waals surface area contributed by atoms with E-state index in [1.165, 1.54) is 31.2 Å². The summed E-state index contributed by atoms with van der Waals surface area (Å²) in [7, 11) is 0. The monoisotopic (exact) mass is 242 g/mol. The van der Waals surface area contributed by atoms with Gasteiger partial charge in [0.2, 0.25) is 0 Å². The molecule has 1 fully saturated rings. The van der Waals surface area contributed by atoms with Crippen LogP contribution in [0, 0.1) is 6.92 Å². The van der Waals surface area contributed by atoms with E-state index < -0.39 is 0 Å². The van der Waals surface area contributed by atoms with Crippen LogP contribution in [0.3, 0.4) is 0 Å². The van der Waals surface area contributed by atoms with Crippen LogP contribution in [0.15, 0.2) is 28.8 Å². The molecule has 1 aliphatic rings. The molecule has 0 saturated heterocycles. The molecule has 94 valence electrons. The van der Waals surface area contributed by atoms with Gasteiger partial charge in [0.05, 0.1) is 5.56 Å². The highest BCUT2D eigenvalue weighted by Crippen LogP contribution is 2.41. The zero-order valence-corrected chi connectivity index (χ0v) is 10.6. The molecule has 0 unspecified atom stereocenters. The number of nitrogens with zero attached hydrogens (tertiary/aromatic N) is 1. The van der Waals surface area contributed by atoms with E-state index in [0.717, 1.165) is 16.9 Å². The van der Waals surface area contributed by atoms with E-state index in [9.17, 15) is 0 Å². The zero-order chi connectivity index (χ0) is 12.5. The van der Waals surface area contributed by atoms with Crippen LogP contribution in [0.4, 0.5) is 5.82 Å². The Morgan fingerprint density at radius 1 is 1.17 bits per heavy atom. The molecule has 0 atom stereocenters. The maximum atomic E-state index is 5.97. The summed E-state index contributed by atoms with van der Waals surface area (Å²) in [5, 5.41) is 3.96. The highest BCUT2D eigenvalue weighted by molar-refractivity contribution is 5.76. The molecule has 0 radical (unpaired) electrons. The average Bonchev–Trinajstić information content (AvgIpc) is 2.99. The van der Waals surface area contributed by atoms with Crippen molar-refractivity contribution in [1.82, 2.24) is 5.16 Å². The third-order valence-corrected chi connectivity index (χ3v) is 3.81. The highest BCUT2D eigenvalue weighted by Gasteiger charge is 2.26. The predicted octanol–water partition coefficient (Wildman–Crippen LogP) is 3.89. The van der Waals surface area contributed by atoms with Crippen molar-refractivity contribution in [3.63, 3.8) is 0 Å². The van der Waals surface area contributed by atoms with Gasteiger partial charge in [0.15, 0.2) is 5.82 Å². The Hall–Kier alpha value is -1.77. The Bertz CT molecular complexity index is 536. The Morgan fingerprint density at radius 3 is 2.50 bits per heavy atom. The van der Waals surface area contributed by atoms with Gasteiger partial charge >= 0.3 is 0 Å². The Labute approximate surface area is 107 Å². The van der Waals surface area contributed by atoms with Crippen LogP contribution in [0.25, 0.3) is 11.1 Å². The molecule has 1 aromatic heterocycles. The molecule has 0 aliphatic heterocycles.